The molecule has 0 bridgehead atoms. The molecule has 2 aromatic heterocycles. The molecular formula is C27H26ClN5O2. The zero-order valence-corrected chi connectivity index (χ0v) is 20.6. The Morgan fingerprint density at radius 3 is 2.60 bits per heavy atom. The molecule has 0 aliphatic carbocycles. The number of benzene rings is 2. The smallest absolute Gasteiger partial charge is 0.144 e. The van der Waals surface area contributed by atoms with Crippen molar-refractivity contribution in [2.75, 3.05) is 17.2 Å². The predicted octanol–water partition coefficient (Wildman–Crippen LogP) is 6.70. The van der Waals surface area contributed by atoms with Gasteiger partial charge in [-0.25, -0.2) is 0 Å². The molecule has 2 N–H and O–H groups in total. The molecule has 0 aliphatic rings. The van der Waals surface area contributed by atoms with E-state index >= 15 is 0 Å². The molecule has 2 heterocycles. The maximum Gasteiger partial charge on any atom is 0.144 e. The molecule has 0 unspecified atom stereocenters. The van der Waals surface area contributed by atoms with Crippen LogP contribution in [0, 0.1) is 11.3 Å². The van der Waals surface area contributed by atoms with E-state index in [2.05, 4.69) is 40.5 Å². The van der Waals surface area contributed by atoms with Crippen LogP contribution in [0.3, 0.4) is 0 Å². The van der Waals surface area contributed by atoms with Crippen LogP contribution in [-0.2, 0) is 6.61 Å². The van der Waals surface area contributed by atoms with Crippen LogP contribution in [-0.4, -0.2) is 22.6 Å². The van der Waals surface area contributed by atoms with Gasteiger partial charge in [-0.1, -0.05) is 17.7 Å². The highest BCUT2D eigenvalue weighted by molar-refractivity contribution is 6.32. The van der Waals surface area contributed by atoms with E-state index in [9.17, 15) is 5.26 Å². The third-order valence-electron chi connectivity index (χ3n) is 5.14. The Balaban J connectivity index is 1.67. The highest BCUT2D eigenvalue weighted by atomic mass is 35.5. The van der Waals surface area contributed by atoms with E-state index in [0.717, 1.165) is 22.5 Å². The molecule has 8 heteroatoms. The average Bonchev–Trinajstić information content (AvgIpc) is 2.85. The normalized spacial score (nSPS) is 10.7. The molecule has 0 saturated carbocycles. The minimum atomic E-state index is 0.201. The van der Waals surface area contributed by atoms with Crippen molar-refractivity contribution in [1.82, 2.24) is 9.97 Å². The fourth-order valence-corrected chi connectivity index (χ4v) is 3.85. The van der Waals surface area contributed by atoms with Crippen LogP contribution in [0.5, 0.6) is 11.5 Å². The van der Waals surface area contributed by atoms with E-state index in [-0.39, 0.29) is 6.04 Å². The standard InChI is InChI=1S/C27H26ClN5O2/c1-4-34-26-13-23-21(12-24(26)32-17(2)3)27(18(14-29)15-31-23)33-19-8-9-25(22(28)11-19)35-16-20-7-5-6-10-30-20/h5-13,15,17,32H,4,16H2,1-3H3,(H,31,33). The fourth-order valence-electron chi connectivity index (χ4n) is 3.61. The first kappa shape index (κ1) is 24.1. The average molecular weight is 488 g/mol. The molecule has 0 radical (unpaired) electrons. The first-order chi connectivity index (χ1) is 17.0. The zero-order chi connectivity index (χ0) is 24.8. The maximum atomic E-state index is 9.76. The lowest BCUT2D eigenvalue weighted by atomic mass is 10.1. The largest absolute Gasteiger partial charge is 0.492 e. The third kappa shape index (κ3) is 5.73. The Hall–Kier alpha value is -4.02. The van der Waals surface area contributed by atoms with Gasteiger partial charge in [-0.3, -0.25) is 9.97 Å². The lowest BCUT2D eigenvalue weighted by molar-refractivity contribution is 0.301. The number of halogens is 1. The highest BCUT2D eigenvalue weighted by Gasteiger charge is 2.15. The molecule has 4 aromatic rings. The van der Waals surface area contributed by atoms with Crippen LogP contribution in [0.2, 0.25) is 5.02 Å². The monoisotopic (exact) mass is 487 g/mol. The topological polar surface area (TPSA) is 92.1 Å². The Labute approximate surface area is 209 Å². The lowest BCUT2D eigenvalue weighted by Crippen LogP contribution is -2.11. The second-order valence-corrected chi connectivity index (χ2v) is 8.54. The molecular weight excluding hydrogens is 462 g/mol. The van der Waals surface area contributed by atoms with Crippen LogP contribution < -0.4 is 20.1 Å². The van der Waals surface area contributed by atoms with Gasteiger partial charge in [0.2, 0.25) is 0 Å². The van der Waals surface area contributed by atoms with Crippen molar-refractivity contribution in [3.8, 4) is 17.6 Å². The van der Waals surface area contributed by atoms with Crippen LogP contribution in [0.1, 0.15) is 32.0 Å². The number of nitriles is 1. The molecule has 2 aromatic carbocycles. The Morgan fingerprint density at radius 2 is 1.91 bits per heavy atom. The van der Waals surface area contributed by atoms with Gasteiger partial charge >= 0.3 is 0 Å². The number of nitrogens with zero attached hydrogens (tertiary/aromatic N) is 3. The molecule has 0 fully saturated rings. The van der Waals surface area contributed by atoms with E-state index in [1.54, 1.807) is 24.5 Å². The second kappa shape index (κ2) is 10.9. The summed E-state index contributed by atoms with van der Waals surface area (Å²) in [7, 11) is 0. The van der Waals surface area contributed by atoms with Crippen molar-refractivity contribution in [1.29, 1.82) is 5.26 Å². The summed E-state index contributed by atoms with van der Waals surface area (Å²) in [5.74, 6) is 1.27. The molecule has 0 spiro atoms. The Kier molecular flexibility index (Phi) is 7.54. The van der Waals surface area contributed by atoms with E-state index < -0.39 is 0 Å². The molecule has 7 nitrogen and oxygen atoms in total. The number of hydrogen-bond acceptors (Lipinski definition) is 7. The minimum Gasteiger partial charge on any atom is -0.492 e. The van der Waals surface area contributed by atoms with Gasteiger partial charge in [0.1, 0.15) is 24.2 Å². The number of ether oxygens (including phenoxy) is 2. The third-order valence-corrected chi connectivity index (χ3v) is 5.43. The van der Waals surface area contributed by atoms with Crippen LogP contribution in [0.15, 0.2) is 60.9 Å². The molecule has 0 amide bonds. The molecule has 0 aliphatic heterocycles. The fraction of sp³-hybridized carbons (Fsp3) is 0.222. The molecule has 4 rings (SSSR count). The maximum absolute atomic E-state index is 9.76. The molecule has 178 valence electrons. The Morgan fingerprint density at radius 1 is 1.06 bits per heavy atom. The van der Waals surface area contributed by atoms with Gasteiger partial charge in [-0.15, -0.1) is 0 Å². The quantitative estimate of drug-likeness (QED) is 0.271. The van der Waals surface area contributed by atoms with Gasteiger partial charge in [0, 0.05) is 35.6 Å². The number of fused-ring (bicyclic) bond motifs is 1. The van der Waals surface area contributed by atoms with Crippen molar-refractivity contribution in [2.24, 2.45) is 0 Å². The number of rotatable bonds is 9. The predicted molar refractivity (Wildman–Crippen MR) is 140 cm³/mol. The van der Waals surface area contributed by atoms with E-state index in [1.165, 1.54) is 0 Å². The van der Waals surface area contributed by atoms with Gasteiger partial charge in [0.05, 0.1) is 39.8 Å². The first-order valence-corrected chi connectivity index (χ1v) is 11.7. The van der Waals surface area contributed by atoms with E-state index in [4.69, 9.17) is 21.1 Å². The number of anilines is 3. The highest BCUT2D eigenvalue weighted by Crippen LogP contribution is 2.37. The first-order valence-electron chi connectivity index (χ1n) is 11.3. The summed E-state index contributed by atoms with van der Waals surface area (Å²) < 4.78 is 11.6. The summed E-state index contributed by atoms with van der Waals surface area (Å²) in [6.07, 6.45) is 3.28. The van der Waals surface area contributed by atoms with Gasteiger partial charge in [0.15, 0.2) is 0 Å². The van der Waals surface area contributed by atoms with Gasteiger partial charge < -0.3 is 20.1 Å². The number of pyridine rings is 2. The second-order valence-electron chi connectivity index (χ2n) is 8.14. The van der Waals surface area contributed by atoms with Crippen molar-refractivity contribution >= 4 is 39.6 Å². The van der Waals surface area contributed by atoms with Gasteiger partial charge in [-0.2, -0.15) is 5.26 Å². The summed E-state index contributed by atoms with van der Waals surface area (Å²) in [6.45, 7) is 6.91. The zero-order valence-electron chi connectivity index (χ0n) is 19.8. The van der Waals surface area contributed by atoms with Crippen molar-refractivity contribution in [3.63, 3.8) is 0 Å². The van der Waals surface area contributed by atoms with Crippen LogP contribution in [0.25, 0.3) is 10.9 Å². The Bertz CT molecular complexity index is 1370. The van der Waals surface area contributed by atoms with Crippen molar-refractivity contribution < 1.29 is 9.47 Å². The molecule has 0 atom stereocenters. The lowest BCUT2D eigenvalue weighted by Gasteiger charge is -2.18. The number of hydrogen-bond donors (Lipinski definition) is 2. The number of nitrogens with one attached hydrogen (secondary N) is 2. The molecule has 0 saturated heterocycles. The summed E-state index contributed by atoms with van der Waals surface area (Å²) >= 11 is 6.50. The van der Waals surface area contributed by atoms with Gasteiger partial charge in [0.25, 0.3) is 0 Å². The summed E-state index contributed by atoms with van der Waals surface area (Å²) in [5.41, 5.74) is 4.15. The van der Waals surface area contributed by atoms with Crippen molar-refractivity contribution in [2.45, 2.75) is 33.4 Å². The summed E-state index contributed by atoms with van der Waals surface area (Å²) in [6, 6.07) is 17.4. The summed E-state index contributed by atoms with van der Waals surface area (Å²) in [4.78, 5) is 8.74. The molecule has 35 heavy (non-hydrogen) atoms. The van der Waals surface area contributed by atoms with Crippen LogP contribution in [0.4, 0.5) is 17.1 Å². The number of aromatic nitrogens is 2. The minimum absolute atomic E-state index is 0.201. The van der Waals surface area contributed by atoms with Gasteiger partial charge in [-0.05, 0) is 57.2 Å². The summed E-state index contributed by atoms with van der Waals surface area (Å²) in [5, 5.41) is 17.8. The van der Waals surface area contributed by atoms with Crippen molar-refractivity contribution in [3.05, 3.63) is 77.2 Å². The van der Waals surface area contributed by atoms with E-state index in [1.807, 2.05) is 43.3 Å². The SMILES string of the molecule is CCOc1cc2ncc(C#N)c(Nc3ccc(OCc4ccccn4)c(Cl)c3)c2cc1NC(C)C. The van der Waals surface area contributed by atoms with E-state index in [0.29, 0.717) is 46.5 Å². The van der Waals surface area contributed by atoms with Crippen LogP contribution >= 0.6 is 11.6 Å².